The largest absolute Gasteiger partial charge is 0.417 e. The molecule has 0 N–H and O–H groups in total. The van der Waals surface area contributed by atoms with Gasteiger partial charge >= 0.3 is 6.18 Å². The average molecular weight is 403 g/mol. The number of fused-ring (bicyclic) bond motifs is 1. The van der Waals surface area contributed by atoms with Crippen molar-refractivity contribution in [2.75, 3.05) is 29.4 Å². The van der Waals surface area contributed by atoms with Gasteiger partial charge in [-0.25, -0.2) is 15.0 Å². The fourth-order valence-electron chi connectivity index (χ4n) is 4.62. The Morgan fingerprint density at radius 3 is 2.48 bits per heavy atom. The van der Waals surface area contributed by atoms with Crippen molar-refractivity contribution in [3.63, 3.8) is 0 Å². The second kappa shape index (κ2) is 6.85. The first-order chi connectivity index (χ1) is 13.9. The quantitative estimate of drug-likeness (QED) is 0.769. The zero-order chi connectivity index (χ0) is 20.2. The number of pyridine rings is 1. The maximum absolute atomic E-state index is 12.8. The minimum atomic E-state index is -4.36. The Balaban J connectivity index is 1.36. The van der Waals surface area contributed by atoms with Gasteiger partial charge in [-0.3, -0.25) is 0 Å². The van der Waals surface area contributed by atoms with Crippen molar-refractivity contribution in [2.45, 2.75) is 50.7 Å². The molecule has 2 saturated heterocycles. The predicted molar refractivity (Wildman–Crippen MR) is 104 cm³/mol. The summed E-state index contributed by atoms with van der Waals surface area (Å²) in [5.74, 6) is 3.65. The minimum Gasteiger partial charge on any atom is -0.355 e. The lowest BCUT2D eigenvalue weighted by molar-refractivity contribution is -0.137. The molecule has 2 atom stereocenters. The highest BCUT2D eigenvalue weighted by Gasteiger charge is 2.40. The third-order valence-electron chi connectivity index (χ3n) is 6.36. The number of hydrogen-bond donors (Lipinski definition) is 0. The van der Waals surface area contributed by atoms with Crippen LogP contribution in [0.5, 0.6) is 0 Å². The van der Waals surface area contributed by atoms with Crippen molar-refractivity contribution in [1.82, 2.24) is 15.0 Å². The molecule has 0 radical (unpaired) electrons. The summed E-state index contributed by atoms with van der Waals surface area (Å²) in [5.41, 5.74) is 0.292. The van der Waals surface area contributed by atoms with E-state index in [9.17, 15) is 13.2 Å². The van der Waals surface area contributed by atoms with E-state index in [1.165, 1.54) is 18.9 Å². The highest BCUT2D eigenvalue weighted by Crippen LogP contribution is 2.40. The van der Waals surface area contributed by atoms with Crippen LogP contribution in [-0.4, -0.2) is 40.6 Å². The monoisotopic (exact) mass is 403 g/mol. The zero-order valence-electron chi connectivity index (χ0n) is 16.4. The molecule has 1 saturated carbocycles. The number of piperidine rings is 1. The molecule has 29 heavy (non-hydrogen) atoms. The average Bonchev–Trinajstić information content (AvgIpc) is 3.46. The Kier molecular flexibility index (Phi) is 4.40. The fraction of sp³-hybridized carbons (Fsp3) is 0.571. The smallest absolute Gasteiger partial charge is 0.355 e. The molecule has 0 bridgehead atoms. The van der Waals surface area contributed by atoms with E-state index in [1.807, 2.05) is 6.92 Å². The molecule has 2 aromatic heterocycles. The van der Waals surface area contributed by atoms with Crippen LogP contribution < -0.4 is 9.80 Å². The summed E-state index contributed by atoms with van der Waals surface area (Å²) >= 11 is 0. The Morgan fingerprint density at radius 1 is 1.00 bits per heavy atom. The van der Waals surface area contributed by atoms with Gasteiger partial charge in [0, 0.05) is 43.5 Å². The fourth-order valence-corrected chi connectivity index (χ4v) is 4.62. The van der Waals surface area contributed by atoms with Crippen LogP contribution >= 0.6 is 0 Å². The zero-order valence-corrected chi connectivity index (χ0v) is 16.4. The van der Waals surface area contributed by atoms with Crippen molar-refractivity contribution < 1.29 is 13.2 Å². The second-order valence-electron chi connectivity index (χ2n) is 8.45. The molecule has 3 fully saturated rings. The summed E-state index contributed by atoms with van der Waals surface area (Å²) in [7, 11) is 0. The second-order valence-corrected chi connectivity index (χ2v) is 8.45. The van der Waals surface area contributed by atoms with Crippen molar-refractivity contribution in [3.8, 4) is 0 Å². The lowest BCUT2D eigenvalue weighted by Gasteiger charge is -2.39. The summed E-state index contributed by atoms with van der Waals surface area (Å²) in [4.78, 5) is 18.1. The van der Waals surface area contributed by atoms with Crippen LogP contribution in [0.1, 0.15) is 48.7 Å². The van der Waals surface area contributed by atoms with E-state index in [0.717, 1.165) is 62.1 Å². The Bertz CT molecular complexity index is 894. The van der Waals surface area contributed by atoms with Crippen LogP contribution in [-0.2, 0) is 6.18 Å². The summed E-state index contributed by atoms with van der Waals surface area (Å²) in [5, 5.41) is 0. The lowest BCUT2D eigenvalue weighted by atomic mass is 9.92. The first kappa shape index (κ1) is 18.6. The topological polar surface area (TPSA) is 45.2 Å². The van der Waals surface area contributed by atoms with Crippen LogP contribution in [0.25, 0.3) is 0 Å². The molecule has 5 nitrogen and oxygen atoms in total. The summed E-state index contributed by atoms with van der Waals surface area (Å²) < 4.78 is 38.5. The van der Waals surface area contributed by atoms with Gasteiger partial charge in [0.15, 0.2) is 0 Å². The summed E-state index contributed by atoms with van der Waals surface area (Å²) in [6.45, 7) is 4.56. The predicted octanol–water partition coefficient (Wildman–Crippen LogP) is 4.18. The highest BCUT2D eigenvalue weighted by molar-refractivity contribution is 5.47. The third kappa shape index (κ3) is 3.65. The van der Waals surface area contributed by atoms with Gasteiger partial charge in [-0.15, -0.1) is 0 Å². The molecule has 2 aromatic rings. The molecule has 3 aliphatic rings. The highest BCUT2D eigenvalue weighted by atomic mass is 19.4. The van der Waals surface area contributed by atoms with E-state index >= 15 is 0 Å². The number of rotatable bonds is 3. The van der Waals surface area contributed by atoms with Crippen molar-refractivity contribution >= 4 is 11.6 Å². The maximum Gasteiger partial charge on any atom is 0.417 e. The molecular weight excluding hydrogens is 379 g/mol. The number of aromatic nitrogens is 3. The number of nitrogens with zero attached hydrogens (tertiary/aromatic N) is 5. The Hall–Kier alpha value is -2.38. The van der Waals surface area contributed by atoms with Crippen LogP contribution in [0.2, 0.25) is 0 Å². The van der Waals surface area contributed by atoms with Crippen LogP contribution in [0.15, 0.2) is 24.4 Å². The lowest BCUT2D eigenvalue weighted by Crippen LogP contribution is -2.49. The number of hydrogen-bond acceptors (Lipinski definition) is 5. The SMILES string of the molecule is Cc1cc(N2CCC3CCN(c4ccc(C(F)(F)F)cn4)CC32)nc(C2CC2)n1. The Labute approximate surface area is 168 Å². The van der Waals surface area contributed by atoms with Gasteiger partial charge in [0.1, 0.15) is 17.5 Å². The van der Waals surface area contributed by atoms with E-state index in [4.69, 9.17) is 4.98 Å². The maximum atomic E-state index is 12.8. The molecule has 5 rings (SSSR count). The van der Waals surface area contributed by atoms with Gasteiger partial charge in [-0.2, -0.15) is 13.2 Å². The van der Waals surface area contributed by atoms with Gasteiger partial charge in [-0.05, 0) is 50.7 Å². The van der Waals surface area contributed by atoms with E-state index in [-0.39, 0.29) is 0 Å². The van der Waals surface area contributed by atoms with Crippen molar-refractivity contribution in [2.24, 2.45) is 5.92 Å². The number of alkyl halides is 3. The number of aryl methyl sites for hydroxylation is 1. The third-order valence-corrected chi connectivity index (χ3v) is 6.36. The van der Waals surface area contributed by atoms with Crippen LogP contribution in [0.4, 0.5) is 24.8 Å². The summed E-state index contributed by atoms with van der Waals surface area (Å²) in [6, 6.07) is 4.97. The molecule has 1 aliphatic carbocycles. The first-order valence-electron chi connectivity index (χ1n) is 10.3. The molecule has 0 spiro atoms. The number of anilines is 2. The van der Waals surface area contributed by atoms with Gasteiger partial charge < -0.3 is 9.80 Å². The molecule has 2 unspecified atom stereocenters. The Morgan fingerprint density at radius 2 is 1.79 bits per heavy atom. The molecule has 8 heteroatoms. The van der Waals surface area contributed by atoms with Gasteiger partial charge in [0.25, 0.3) is 0 Å². The van der Waals surface area contributed by atoms with E-state index in [2.05, 4.69) is 25.8 Å². The normalized spacial score (nSPS) is 24.7. The molecule has 0 aromatic carbocycles. The molecule has 4 heterocycles. The van der Waals surface area contributed by atoms with E-state index in [1.54, 1.807) is 0 Å². The summed E-state index contributed by atoms with van der Waals surface area (Å²) in [6.07, 6.45) is 1.06. The van der Waals surface area contributed by atoms with Gasteiger partial charge in [-0.1, -0.05) is 0 Å². The van der Waals surface area contributed by atoms with E-state index in [0.29, 0.717) is 23.7 Å². The van der Waals surface area contributed by atoms with Crippen molar-refractivity contribution in [3.05, 3.63) is 41.5 Å². The van der Waals surface area contributed by atoms with Gasteiger partial charge in [0.05, 0.1) is 11.6 Å². The van der Waals surface area contributed by atoms with Gasteiger partial charge in [0.2, 0.25) is 0 Å². The molecule has 154 valence electrons. The van der Waals surface area contributed by atoms with Crippen LogP contribution in [0, 0.1) is 12.8 Å². The molecular formula is C21H24F3N5. The van der Waals surface area contributed by atoms with Crippen molar-refractivity contribution in [1.29, 1.82) is 0 Å². The van der Waals surface area contributed by atoms with E-state index < -0.39 is 11.7 Å². The molecule has 0 amide bonds. The minimum absolute atomic E-state index is 0.300. The number of halogens is 3. The standard InChI is InChI=1S/C21H24F3N5/c1-13-10-19(27-20(26-13)15-2-3-15)29-9-7-14-6-8-28(12-17(14)29)18-5-4-16(11-25-18)21(22,23)24/h4-5,10-11,14-15,17H,2-3,6-9,12H2,1H3. The first-order valence-corrected chi connectivity index (χ1v) is 10.3. The van der Waals surface area contributed by atoms with Crippen LogP contribution in [0.3, 0.4) is 0 Å². The molecule has 2 aliphatic heterocycles.